The molecule has 0 fully saturated rings. The number of hydrogen-bond donors (Lipinski definition) is 2. The second kappa shape index (κ2) is 6.14. The van der Waals surface area contributed by atoms with Gasteiger partial charge in [-0.05, 0) is 28.1 Å². The molecule has 0 aliphatic carbocycles. The third-order valence-corrected chi connectivity index (χ3v) is 2.94. The highest BCUT2D eigenvalue weighted by Gasteiger charge is 2.09. The van der Waals surface area contributed by atoms with Gasteiger partial charge in [0.15, 0.2) is 0 Å². The molecule has 1 aromatic carbocycles. The maximum Gasteiger partial charge on any atom is 0.270 e. The summed E-state index contributed by atoms with van der Waals surface area (Å²) in [6.45, 7) is 0. The van der Waals surface area contributed by atoms with Crippen molar-refractivity contribution in [3.63, 3.8) is 0 Å². The van der Waals surface area contributed by atoms with Gasteiger partial charge in [0, 0.05) is 16.7 Å². The SMILES string of the molecule is COc1ccnc(NNC(=O)c2ccccc2Br)n1. The molecule has 2 N–H and O–H groups in total. The molecule has 1 amide bonds. The van der Waals surface area contributed by atoms with Gasteiger partial charge in [-0.15, -0.1) is 0 Å². The van der Waals surface area contributed by atoms with Crippen LogP contribution in [0, 0.1) is 0 Å². The highest BCUT2D eigenvalue weighted by Crippen LogP contribution is 2.15. The largest absolute Gasteiger partial charge is 0.481 e. The molecule has 0 bridgehead atoms. The Bertz CT molecular complexity index is 591. The molecular weight excluding hydrogens is 312 g/mol. The second-order valence-electron chi connectivity index (χ2n) is 3.48. The third kappa shape index (κ3) is 3.41. The van der Waals surface area contributed by atoms with Crippen LogP contribution in [0.5, 0.6) is 5.88 Å². The molecule has 0 radical (unpaired) electrons. The van der Waals surface area contributed by atoms with Crippen LogP contribution in [0.3, 0.4) is 0 Å². The number of carbonyl (C=O) groups excluding carboxylic acids is 1. The van der Waals surface area contributed by atoms with Crippen molar-refractivity contribution in [2.75, 3.05) is 12.5 Å². The van der Waals surface area contributed by atoms with Crippen molar-refractivity contribution in [2.45, 2.75) is 0 Å². The molecule has 0 aliphatic rings. The molecule has 0 spiro atoms. The Morgan fingerprint density at radius 2 is 2.11 bits per heavy atom. The molecule has 0 saturated carbocycles. The van der Waals surface area contributed by atoms with Crippen LogP contribution in [-0.2, 0) is 0 Å². The van der Waals surface area contributed by atoms with Crippen molar-refractivity contribution < 1.29 is 9.53 Å². The summed E-state index contributed by atoms with van der Waals surface area (Å²) < 4.78 is 5.66. The molecule has 2 rings (SSSR count). The summed E-state index contributed by atoms with van der Waals surface area (Å²) in [5, 5.41) is 0. The molecule has 0 saturated heterocycles. The van der Waals surface area contributed by atoms with Gasteiger partial charge in [-0.2, -0.15) is 4.98 Å². The first-order valence-electron chi connectivity index (χ1n) is 5.38. The summed E-state index contributed by atoms with van der Waals surface area (Å²) in [6.07, 6.45) is 1.53. The smallest absolute Gasteiger partial charge is 0.270 e. The Kier molecular flexibility index (Phi) is 4.30. The number of rotatable bonds is 4. The van der Waals surface area contributed by atoms with Crippen molar-refractivity contribution >= 4 is 27.8 Å². The molecule has 1 aromatic heterocycles. The number of anilines is 1. The van der Waals surface area contributed by atoms with Gasteiger partial charge in [0.1, 0.15) is 0 Å². The first-order valence-corrected chi connectivity index (χ1v) is 6.18. The Balaban J connectivity index is 2.02. The number of benzene rings is 1. The van der Waals surface area contributed by atoms with E-state index in [-0.39, 0.29) is 11.9 Å². The molecule has 19 heavy (non-hydrogen) atoms. The molecule has 2 aromatic rings. The zero-order valence-corrected chi connectivity index (χ0v) is 11.6. The predicted molar refractivity (Wildman–Crippen MR) is 73.8 cm³/mol. The van der Waals surface area contributed by atoms with E-state index in [9.17, 15) is 4.79 Å². The van der Waals surface area contributed by atoms with E-state index in [0.717, 1.165) is 0 Å². The van der Waals surface area contributed by atoms with Crippen LogP contribution in [-0.4, -0.2) is 23.0 Å². The van der Waals surface area contributed by atoms with E-state index in [1.54, 1.807) is 24.3 Å². The summed E-state index contributed by atoms with van der Waals surface area (Å²) in [7, 11) is 1.51. The van der Waals surface area contributed by atoms with Crippen LogP contribution < -0.4 is 15.6 Å². The number of carbonyl (C=O) groups is 1. The fourth-order valence-electron chi connectivity index (χ4n) is 1.34. The predicted octanol–water partition coefficient (Wildman–Crippen LogP) is 2.00. The van der Waals surface area contributed by atoms with E-state index in [1.807, 2.05) is 6.07 Å². The number of nitrogens with one attached hydrogen (secondary N) is 2. The molecule has 0 unspecified atom stereocenters. The van der Waals surface area contributed by atoms with E-state index in [0.29, 0.717) is 15.9 Å². The van der Waals surface area contributed by atoms with Crippen molar-refractivity contribution in [1.82, 2.24) is 15.4 Å². The van der Waals surface area contributed by atoms with Gasteiger partial charge in [0.05, 0.1) is 12.7 Å². The van der Waals surface area contributed by atoms with Crippen LogP contribution in [0.25, 0.3) is 0 Å². The number of halogens is 1. The highest BCUT2D eigenvalue weighted by atomic mass is 79.9. The number of hydrogen-bond acceptors (Lipinski definition) is 5. The minimum absolute atomic E-state index is 0.250. The molecule has 6 nitrogen and oxygen atoms in total. The molecule has 1 heterocycles. The van der Waals surface area contributed by atoms with Crippen LogP contribution in [0.15, 0.2) is 41.0 Å². The Labute approximate surface area is 118 Å². The zero-order valence-electron chi connectivity index (χ0n) is 10.1. The minimum Gasteiger partial charge on any atom is -0.481 e. The number of aromatic nitrogens is 2. The molecule has 98 valence electrons. The lowest BCUT2D eigenvalue weighted by Crippen LogP contribution is -2.30. The van der Waals surface area contributed by atoms with Crippen LogP contribution in [0.1, 0.15) is 10.4 Å². The lowest BCUT2D eigenvalue weighted by atomic mass is 10.2. The van der Waals surface area contributed by atoms with E-state index in [2.05, 4.69) is 36.7 Å². The van der Waals surface area contributed by atoms with E-state index in [4.69, 9.17) is 4.74 Å². The Morgan fingerprint density at radius 1 is 1.32 bits per heavy atom. The maximum atomic E-state index is 11.9. The van der Waals surface area contributed by atoms with Gasteiger partial charge >= 0.3 is 0 Å². The van der Waals surface area contributed by atoms with Crippen molar-refractivity contribution in [3.05, 3.63) is 46.6 Å². The quantitative estimate of drug-likeness (QED) is 0.842. The fourth-order valence-corrected chi connectivity index (χ4v) is 1.81. The van der Waals surface area contributed by atoms with Gasteiger partial charge in [0.2, 0.25) is 11.8 Å². The lowest BCUT2D eigenvalue weighted by molar-refractivity contribution is 0.0961. The average molecular weight is 323 g/mol. The minimum atomic E-state index is -0.293. The van der Waals surface area contributed by atoms with E-state index < -0.39 is 0 Å². The third-order valence-electron chi connectivity index (χ3n) is 2.25. The van der Waals surface area contributed by atoms with Gasteiger partial charge in [-0.3, -0.25) is 15.6 Å². The topological polar surface area (TPSA) is 76.1 Å². The van der Waals surface area contributed by atoms with Gasteiger partial charge in [0.25, 0.3) is 5.91 Å². The van der Waals surface area contributed by atoms with Gasteiger partial charge in [-0.1, -0.05) is 12.1 Å². The number of hydrazine groups is 1. The van der Waals surface area contributed by atoms with Crippen LogP contribution in [0.4, 0.5) is 5.95 Å². The Morgan fingerprint density at radius 3 is 2.84 bits per heavy atom. The summed E-state index contributed by atoms with van der Waals surface area (Å²) in [5.41, 5.74) is 5.64. The summed E-state index contributed by atoms with van der Waals surface area (Å²) in [4.78, 5) is 19.9. The lowest BCUT2D eigenvalue weighted by Gasteiger charge is -2.08. The van der Waals surface area contributed by atoms with Crippen LogP contribution in [0.2, 0.25) is 0 Å². The monoisotopic (exact) mass is 322 g/mol. The summed E-state index contributed by atoms with van der Waals surface area (Å²) >= 11 is 3.31. The fraction of sp³-hybridized carbons (Fsp3) is 0.0833. The average Bonchev–Trinajstić information content (AvgIpc) is 2.45. The normalized spacial score (nSPS) is 9.79. The standard InChI is InChI=1S/C12H11BrN4O2/c1-19-10-6-7-14-12(15-10)17-16-11(18)8-4-2-3-5-9(8)13/h2-7H,1H3,(H,16,18)(H,14,15,17). The number of nitrogens with zero attached hydrogens (tertiary/aromatic N) is 2. The number of ether oxygens (including phenoxy) is 1. The molecule has 0 aliphatic heterocycles. The number of amides is 1. The molecule has 7 heteroatoms. The molecular formula is C12H11BrN4O2. The first-order chi connectivity index (χ1) is 9.20. The van der Waals surface area contributed by atoms with Crippen molar-refractivity contribution in [1.29, 1.82) is 0 Å². The Hall–Kier alpha value is -2.15. The summed E-state index contributed by atoms with van der Waals surface area (Å²) in [5.74, 6) is 0.367. The summed E-state index contributed by atoms with van der Waals surface area (Å²) in [6, 6.07) is 8.71. The van der Waals surface area contributed by atoms with Gasteiger partial charge < -0.3 is 4.74 Å². The molecule has 0 atom stereocenters. The maximum absolute atomic E-state index is 11.9. The van der Waals surface area contributed by atoms with Gasteiger partial charge in [-0.25, -0.2) is 4.98 Å². The second-order valence-corrected chi connectivity index (χ2v) is 4.34. The number of methoxy groups -OCH3 is 1. The van der Waals surface area contributed by atoms with E-state index >= 15 is 0 Å². The van der Waals surface area contributed by atoms with E-state index in [1.165, 1.54) is 13.3 Å². The highest BCUT2D eigenvalue weighted by molar-refractivity contribution is 9.10. The first kappa shape index (κ1) is 13.3. The van der Waals surface area contributed by atoms with Crippen molar-refractivity contribution in [3.8, 4) is 5.88 Å². The van der Waals surface area contributed by atoms with Crippen molar-refractivity contribution in [2.24, 2.45) is 0 Å². The van der Waals surface area contributed by atoms with Crippen LogP contribution >= 0.6 is 15.9 Å². The zero-order chi connectivity index (χ0) is 13.7.